The van der Waals surface area contributed by atoms with E-state index in [-0.39, 0.29) is 0 Å². The molecule has 1 nitrogen and oxygen atoms in total. The normalized spacial score (nSPS) is 15.2. The highest BCUT2D eigenvalue weighted by atomic mass is 14.7. The van der Waals surface area contributed by atoms with Crippen LogP contribution >= 0.6 is 0 Å². The molecule has 0 saturated carbocycles. The van der Waals surface area contributed by atoms with Crippen LogP contribution in [-0.4, -0.2) is 4.98 Å². The summed E-state index contributed by atoms with van der Waals surface area (Å²) in [5.41, 5.74) is 4.35. The van der Waals surface area contributed by atoms with Crippen LogP contribution in [0.5, 0.6) is 0 Å². The first-order valence-corrected chi connectivity index (χ1v) is 4.65. The van der Waals surface area contributed by atoms with Crippen LogP contribution in [0.1, 0.15) is 43.0 Å². The molecule has 12 heavy (non-hydrogen) atoms. The van der Waals surface area contributed by atoms with Gasteiger partial charge in [0.2, 0.25) is 0 Å². The van der Waals surface area contributed by atoms with Gasteiger partial charge < -0.3 is 4.98 Å². The lowest BCUT2D eigenvalue weighted by atomic mass is 9.94. The highest BCUT2D eigenvalue weighted by molar-refractivity contribution is 5.55. The second-order valence-corrected chi connectivity index (χ2v) is 3.73. The standard InChI is InChI=1S/C11H15N/c1-8(2)10-7-12-11-6-4-3-5-9(10)11/h4,6-8,12H,3,5H2,1-2H3. The van der Waals surface area contributed by atoms with Crippen molar-refractivity contribution < 1.29 is 0 Å². The SMILES string of the molecule is CC(C)c1c[nH]c2c1CCC=C2. The third kappa shape index (κ3) is 1.09. The molecule has 0 radical (unpaired) electrons. The number of allylic oxidation sites excluding steroid dienone is 1. The summed E-state index contributed by atoms with van der Waals surface area (Å²) in [5, 5.41) is 0. The van der Waals surface area contributed by atoms with Crippen molar-refractivity contribution in [2.75, 3.05) is 0 Å². The summed E-state index contributed by atoms with van der Waals surface area (Å²) in [7, 11) is 0. The fourth-order valence-electron chi connectivity index (χ4n) is 1.86. The zero-order valence-corrected chi connectivity index (χ0v) is 7.72. The average Bonchev–Trinajstić information content (AvgIpc) is 2.47. The van der Waals surface area contributed by atoms with Crippen molar-refractivity contribution in [3.63, 3.8) is 0 Å². The Kier molecular flexibility index (Phi) is 1.80. The quantitative estimate of drug-likeness (QED) is 0.651. The van der Waals surface area contributed by atoms with Gasteiger partial charge in [-0.25, -0.2) is 0 Å². The molecule has 1 aliphatic carbocycles. The summed E-state index contributed by atoms with van der Waals surface area (Å²) in [4.78, 5) is 3.32. The molecule has 0 spiro atoms. The van der Waals surface area contributed by atoms with Crippen LogP contribution < -0.4 is 0 Å². The first-order chi connectivity index (χ1) is 5.79. The zero-order chi connectivity index (χ0) is 8.55. The van der Waals surface area contributed by atoms with Gasteiger partial charge >= 0.3 is 0 Å². The first kappa shape index (κ1) is 7.66. The topological polar surface area (TPSA) is 15.8 Å². The molecule has 0 fully saturated rings. The number of H-pyrrole nitrogens is 1. The van der Waals surface area contributed by atoms with E-state index in [1.807, 2.05) is 0 Å². The van der Waals surface area contributed by atoms with Gasteiger partial charge in [-0.05, 0) is 36.0 Å². The van der Waals surface area contributed by atoms with Gasteiger partial charge in [-0.1, -0.05) is 19.9 Å². The van der Waals surface area contributed by atoms with Crippen molar-refractivity contribution in [3.8, 4) is 0 Å². The minimum Gasteiger partial charge on any atom is -0.361 e. The van der Waals surface area contributed by atoms with Gasteiger partial charge in [0, 0.05) is 11.9 Å². The van der Waals surface area contributed by atoms with Gasteiger partial charge in [0.05, 0.1) is 0 Å². The molecular weight excluding hydrogens is 146 g/mol. The van der Waals surface area contributed by atoms with Crippen LogP contribution in [0.3, 0.4) is 0 Å². The van der Waals surface area contributed by atoms with Gasteiger partial charge in [-0.3, -0.25) is 0 Å². The summed E-state index contributed by atoms with van der Waals surface area (Å²) < 4.78 is 0. The smallest absolute Gasteiger partial charge is 0.0412 e. The van der Waals surface area contributed by atoms with E-state index in [0.717, 1.165) is 0 Å². The Morgan fingerprint density at radius 2 is 2.25 bits per heavy atom. The number of fused-ring (bicyclic) bond motifs is 1. The van der Waals surface area contributed by atoms with Gasteiger partial charge in [-0.2, -0.15) is 0 Å². The Labute approximate surface area is 73.5 Å². The van der Waals surface area contributed by atoms with Crippen LogP contribution in [0.4, 0.5) is 0 Å². The molecule has 1 aromatic heterocycles. The van der Waals surface area contributed by atoms with Crippen molar-refractivity contribution in [1.29, 1.82) is 0 Å². The fourth-order valence-corrected chi connectivity index (χ4v) is 1.86. The van der Waals surface area contributed by atoms with E-state index in [4.69, 9.17) is 0 Å². The van der Waals surface area contributed by atoms with E-state index >= 15 is 0 Å². The zero-order valence-electron chi connectivity index (χ0n) is 7.72. The highest BCUT2D eigenvalue weighted by Gasteiger charge is 2.13. The van der Waals surface area contributed by atoms with E-state index in [2.05, 4.69) is 37.2 Å². The molecule has 0 bridgehead atoms. The van der Waals surface area contributed by atoms with Gasteiger partial charge in [-0.15, -0.1) is 0 Å². The lowest BCUT2D eigenvalue weighted by molar-refractivity contribution is 0.838. The molecule has 1 N–H and O–H groups in total. The molecule has 2 rings (SSSR count). The highest BCUT2D eigenvalue weighted by Crippen LogP contribution is 2.27. The Bertz CT molecular complexity index is 305. The van der Waals surface area contributed by atoms with Crippen molar-refractivity contribution in [2.24, 2.45) is 0 Å². The van der Waals surface area contributed by atoms with E-state index in [0.29, 0.717) is 5.92 Å². The van der Waals surface area contributed by atoms with Crippen LogP contribution in [0.2, 0.25) is 0 Å². The molecular formula is C11H15N. The van der Waals surface area contributed by atoms with Gasteiger partial charge in [0.15, 0.2) is 0 Å². The lowest BCUT2D eigenvalue weighted by Gasteiger charge is -2.09. The van der Waals surface area contributed by atoms with Gasteiger partial charge in [0.1, 0.15) is 0 Å². The van der Waals surface area contributed by atoms with Crippen molar-refractivity contribution in [3.05, 3.63) is 29.1 Å². The number of rotatable bonds is 1. The maximum atomic E-state index is 3.32. The Balaban J connectivity index is 2.46. The Morgan fingerprint density at radius 3 is 3.00 bits per heavy atom. The van der Waals surface area contributed by atoms with E-state index in [1.165, 1.54) is 29.7 Å². The molecule has 1 heterocycles. The fraction of sp³-hybridized carbons (Fsp3) is 0.455. The molecule has 0 aliphatic heterocycles. The number of aromatic amines is 1. The monoisotopic (exact) mass is 161 g/mol. The predicted molar refractivity (Wildman–Crippen MR) is 52.2 cm³/mol. The summed E-state index contributed by atoms with van der Waals surface area (Å²) in [5.74, 6) is 0.650. The lowest BCUT2D eigenvalue weighted by Crippen LogP contribution is -1.96. The average molecular weight is 161 g/mol. The van der Waals surface area contributed by atoms with E-state index in [9.17, 15) is 0 Å². The molecule has 0 saturated heterocycles. The van der Waals surface area contributed by atoms with Crippen LogP contribution in [0, 0.1) is 0 Å². The van der Waals surface area contributed by atoms with Crippen LogP contribution in [0.15, 0.2) is 12.3 Å². The molecule has 1 aliphatic rings. The molecule has 0 unspecified atom stereocenters. The second kappa shape index (κ2) is 2.81. The summed E-state index contributed by atoms with van der Waals surface area (Å²) in [6.45, 7) is 4.50. The number of hydrogen-bond donors (Lipinski definition) is 1. The Hall–Kier alpha value is -0.980. The number of aromatic nitrogens is 1. The molecule has 1 heteroatoms. The van der Waals surface area contributed by atoms with Crippen molar-refractivity contribution in [2.45, 2.75) is 32.6 Å². The molecule has 0 atom stereocenters. The third-order valence-electron chi connectivity index (χ3n) is 2.52. The molecule has 0 aromatic carbocycles. The van der Waals surface area contributed by atoms with E-state index < -0.39 is 0 Å². The minimum absolute atomic E-state index is 0.650. The maximum Gasteiger partial charge on any atom is 0.0412 e. The largest absolute Gasteiger partial charge is 0.361 e. The van der Waals surface area contributed by atoms with Crippen molar-refractivity contribution in [1.82, 2.24) is 4.98 Å². The maximum absolute atomic E-state index is 3.32. The molecule has 0 amide bonds. The minimum atomic E-state index is 0.650. The summed E-state index contributed by atoms with van der Waals surface area (Å²) >= 11 is 0. The Morgan fingerprint density at radius 1 is 1.42 bits per heavy atom. The predicted octanol–water partition coefficient (Wildman–Crippen LogP) is 3.10. The molecule has 64 valence electrons. The number of nitrogens with one attached hydrogen (secondary N) is 1. The second-order valence-electron chi connectivity index (χ2n) is 3.73. The number of hydrogen-bond acceptors (Lipinski definition) is 0. The van der Waals surface area contributed by atoms with E-state index in [1.54, 1.807) is 0 Å². The first-order valence-electron chi connectivity index (χ1n) is 4.65. The summed E-state index contributed by atoms with van der Waals surface area (Å²) in [6, 6.07) is 0. The molecule has 1 aromatic rings. The van der Waals surface area contributed by atoms with Gasteiger partial charge in [0.25, 0.3) is 0 Å². The van der Waals surface area contributed by atoms with Crippen LogP contribution in [0.25, 0.3) is 6.08 Å². The van der Waals surface area contributed by atoms with Crippen LogP contribution in [-0.2, 0) is 6.42 Å². The van der Waals surface area contributed by atoms with Crippen molar-refractivity contribution >= 4 is 6.08 Å². The summed E-state index contributed by atoms with van der Waals surface area (Å²) in [6.07, 6.45) is 9.01. The third-order valence-corrected chi connectivity index (χ3v) is 2.52.